The Balaban J connectivity index is -0.0000000437. The van der Waals surface area contributed by atoms with Crippen molar-refractivity contribution in [3.63, 3.8) is 0 Å². The highest BCUT2D eigenvalue weighted by atomic mass is 13.9. The summed E-state index contributed by atoms with van der Waals surface area (Å²) in [5, 5.41) is 0. The summed E-state index contributed by atoms with van der Waals surface area (Å²) in [6, 6.07) is 10.5. The van der Waals surface area contributed by atoms with Crippen molar-refractivity contribution in [2.24, 2.45) is 0 Å². The highest BCUT2D eigenvalue weighted by Gasteiger charge is 1.79. The molecule has 0 aliphatic heterocycles. The van der Waals surface area contributed by atoms with Crippen molar-refractivity contribution in [3.05, 3.63) is 35.9 Å². The van der Waals surface area contributed by atoms with Gasteiger partial charge in [-0.2, -0.15) is 0 Å². The smallest absolute Gasteiger partial charge is 0.0307 e. The fraction of sp³-hybridized carbons (Fsp3) is 0.600. The number of hydrogen-bond acceptors (Lipinski definition) is 0. The zero-order valence-electron chi connectivity index (χ0n) is 7.80. The number of hydrogen-bond donors (Lipinski definition) is 0. The van der Waals surface area contributed by atoms with Crippen LogP contribution in [0.15, 0.2) is 30.3 Å². The maximum absolute atomic E-state index is 2.16. The quantitative estimate of drug-likeness (QED) is 0.521. The van der Waals surface area contributed by atoms with E-state index in [1.165, 1.54) is 12.0 Å². The van der Waals surface area contributed by atoms with Crippen LogP contribution in [0.25, 0.3) is 0 Å². The van der Waals surface area contributed by atoms with Crippen LogP contribution in [0.4, 0.5) is 0 Å². The van der Waals surface area contributed by atoms with Crippen LogP contribution in [0, 0.1) is 0 Å². The molecule has 0 aliphatic rings. The molecule has 0 radical (unpaired) electrons. The van der Waals surface area contributed by atoms with Gasteiger partial charge in [0.2, 0.25) is 0 Å². The van der Waals surface area contributed by atoms with Gasteiger partial charge in [0.25, 0.3) is 0 Å². The van der Waals surface area contributed by atoms with E-state index >= 15 is 0 Å². The van der Waals surface area contributed by atoms with E-state index in [1.54, 1.807) is 0 Å². The second-order valence-corrected chi connectivity index (χ2v) is 2.55. The standard InChI is InChI=1S/C8H10.C3H8.4CH4/c1-2-8-6-4-3-5-7-8;1-3-2;;;;/h3-7H,2H2,1H3;3H2,1-2H3;4*1H4. The van der Waals surface area contributed by atoms with Crippen LogP contribution >= 0.6 is 0 Å². The second-order valence-electron chi connectivity index (χ2n) is 2.55. The van der Waals surface area contributed by atoms with Crippen molar-refractivity contribution in [1.82, 2.24) is 0 Å². The summed E-state index contributed by atoms with van der Waals surface area (Å²) in [6.45, 7) is 6.41. The molecule has 0 saturated carbocycles. The molecule has 0 N–H and O–H groups in total. The van der Waals surface area contributed by atoms with Crippen molar-refractivity contribution >= 4 is 0 Å². The van der Waals surface area contributed by atoms with Crippen molar-refractivity contribution in [2.75, 3.05) is 0 Å². The number of aryl methyl sites for hydroxylation is 1. The molecule has 0 unspecified atom stereocenters. The highest BCUT2D eigenvalue weighted by molar-refractivity contribution is 5.13. The SMILES string of the molecule is C.C.C.C.CCC.CCc1ccccc1. The van der Waals surface area contributed by atoms with Gasteiger partial charge in [-0.15, -0.1) is 0 Å². The first-order chi connectivity index (χ1) is 5.35. The molecule has 0 amide bonds. The minimum absolute atomic E-state index is 0. The zero-order valence-corrected chi connectivity index (χ0v) is 7.80. The zero-order chi connectivity index (χ0) is 8.53. The summed E-state index contributed by atoms with van der Waals surface area (Å²) in [5.41, 5.74) is 1.41. The third-order valence-electron chi connectivity index (χ3n) is 1.25. The molecule has 1 aromatic rings. The Hall–Kier alpha value is -0.780. The lowest BCUT2D eigenvalue weighted by Crippen LogP contribution is -1.73. The molecule has 0 saturated heterocycles. The van der Waals surface area contributed by atoms with Crippen LogP contribution in [-0.4, -0.2) is 0 Å². The summed E-state index contributed by atoms with van der Waals surface area (Å²) in [7, 11) is 0. The summed E-state index contributed by atoms with van der Waals surface area (Å²) in [5.74, 6) is 0. The largest absolute Gasteiger partial charge is 0.0776 e. The molecular weight excluding hydrogens is 180 g/mol. The van der Waals surface area contributed by atoms with E-state index < -0.39 is 0 Å². The molecule has 1 rings (SSSR count). The van der Waals surface area contributed by atoms with Crippen LogP contribution in [0.5, 0.6) is 0 Å². The van der Waals surface area contributed by atoms with E-state index in [4.69, 9.17) is 0 Å². The van der Waals surface area contributed by atoms with Crippen molar-refractivity contribution in [2.45, 2.75) is 63.3 Å². The van der Waals surface area contributed by atoms with Gasteiger partial charge in [0.05, 0.1) is 0 Å². The molecule has 0 aliphatic carbocycles. The lowest BCUT2D eigenvalue weighted by atomic mass is 10.2. The summed E-state index contributed by atoms with van der Waals surface area (Å²) < 4.78 is 0. The molecule has 0 aromatic heterocycles. The average Bonchev–Trinajstić information content (AvgIpc) is 2.08. The van der Waals surface area contributed by atoms with Gasteiger partial charge >= 0.3 is 0 Å². The first kappa shape index (κ1) is 29.2. The summed E-state index contributed by atoms with van der Waals surface area (Å²) in [4.78, 5) is 0. The van der Waals surface area contributed by atoms with Crippen LogP contribution < -0.4 is 0 Å². The van der Waals surface area contributed by atoms with Gasteiger partial charge in [0.1, 0.15) is 0 Å². The topological polar surface area (TPSA) is 0 Å². The van der Waals surface area contributed by atoms with Crippen molar-refractivity contribution in [1.29, 1.82) is 0 Å². The molecule has 0 fully saturated rings. The molecule has 0 bridgehead atoms. The summed E-state index contributed by atoms with van der Waals surface area (Å²) >= 11 is 0. The molecule has 0 spiro atoms. The third-order valence-corrected chi connectivity index (χ3v) is 1.25. The van der Waals surface area contributed by atoms with Gasteiger partial charge in [-0.05, 0) is 12.0 Å². The third kappa shape index (κ3) is 19.6. The first-order valence-electron chi connectivity index (χ1n) is 4.39. The van der Waals surface area contributed by atoms with Gasteiger partial charge in [0, 0.05) is 0 Å². The Labute approximate surface area is 99.7 Å². The van der Waals surface area contributed by atoms with Crippen LogP contribution in [-0.2, 0) is 6.42 Å². The van der Waals surface area contributed by atoms with Crippen molar-refractivity contribution < 1.29 is 0 Å². The lowest BCUT2D eigenvalue weighted by Gasteiger charge is -1.89. The second kappa shape index (κ2) is 23.2. The number of benzene rings is 1. The molecule has 0 nitrogen and oxygen atoms in total. The van der Waals surface area contributed by atoms with Gasteiger partial charge in [-0.25, -0.2) is 0 Å². The molecule has 0 heterocycles. The molecule has 0 heteroatoms. The molecule has 94 valence electrons. The molecule has 0 atom stereocenters. The first-order valence-corrected chi connectivity index (χ1v) is 4.39. The normalized spacial score (nSPS) is 6.07. The predicted octanol–water partition coefficient (Wildman–Crippen LogP) is 6.21. The Bertz CT molecular complexity index is 153. The van der Waals surface area contributed by atoms with Crippen LogP contribution in [0.1, 0.15) is 62.5 Å². The van der Waals surface area contributed by atoms with E-state index in [2.05, 4.69) is 45.0 Å². The Kier molecular flexibility index (Phi) is 45.3. The maximum atomic E-state index is 2.16. The lowest BCUT2D eigenvalue weighted by molar-refractivity contribution is 1.09. The van der Waals surface area contributed by atoms with Crippen LogP contribution in [0.2, 0.25) is 0 Å². The molecular formula is C15H34. The molecule has 1 aromatic carbocycles. The maximum Gasteiger partial charge on any atom is -0.0307 e. The predicted molar refractivity (Wildman–Crippen MR) is 78.7 cm³/mol. The van der Waals surface area contributed by atoms with Crippen molar-refractivity contribution in [3.8, 4) is 0 Å². The van der Waals surface area contributed by atoms with E-state index in [0.29, 0.717) is 0 Å². The van der Waals surface area contributed by atoms with Gasteiger partial charge in [-0.3, -0.25) is 0 Å². The van der Waals surface area contributed by atoms with Gasteiger partial charge in [0.15, 0.2) is 0 Å². The Morgan fingerprint density at radius 2 is 1.07 bits per heavy atom. The minimum Gasteiger partial charge on any atom is -0.0776 e. The van der Waals surface area contributed by atoms with E-state index in [9.17, 15) is 0 Å². The number of rotatable bonds is 1. The van der Waals surface area contributed by atoms with Gasteiger partial charge < -0.3 is 0 Å². The van der Waals surface area contributed by atoms with E-state index in [-0.39, 0.29) is 29.7 Å². The minimum atomic E-state index is 0. The average molecular weight is 214 g/mol. The van der Waals surface area contributed by atoms with E-state index in [0.717, 1.165) is 6.42 Å². The Morgan fingerprint density at radius 1 is 0.733 bits per heavy atom. The molecule has 15 heavy (non-hydrogen) atoms. The fourth-order valence-corrected chi connectivity index (χ4v) is 0.714. The van der Waals surface area contributed by atoms with Crippen LogP contribution in [0.3, 0.4) is 0 Å². The van der Waals surface area contributed by atoms with E-state index in [1.807, 2.05) is 6.07 Å². The Morgan fingerprint density at radius 3 is 1.27 bits per heavy atom. The monoisotopic (exact) mass is 214 g/mol. The summed E-state index contributed by atoms with van der Waals surface area (Å²) in [6.07, 6.45) is 2.39. The fourth-order valence-electron chi connectivity index (χ4n) is 0.714. The highest BCUT2D eigenvalue weighted by Crippen LogP contribution is 1.96. The van der Waals surface area contributed by atoms with Gasteiger partial charge in [-0.1, -0.05) is 87.2 Å².